The summed E-state index contributed by atoms with van der Waals surface area (Å²) in [5.41, 5.74) is 2.58. The van der Waals surface area contributed by atoms with E-state index in [4.69, 9.17) is 0 Å². The Hall–Kier alpha value is -4.04. The summed E-state index contributed by atoms with van der Waals surface area (Å²) in [5, 5.41) is 0. The molecule has 1 aromatic carbocycles. The minimum absolute atomic E-state index is 0.803. The molecule has 0 spiro atoms. The molecule has 0 unspecified atom stereocenters. The molecule has 0 N–H and O–H groups in total. The number of benzene rings is 1. The number of rotatable bonds is 6. The van der Waals surface area contributed by atoms with Crippen LogP contribution in [-0.4, -0.2) is 19.1 Å². The first-order chi connectivity index (χ1) is 19.7. The van der Waals surface area contributed by atoms with E-state index in [9.17, 15) is 50.4 Å². The van der Waals surface area contributed by atoms with Crippen LogP contribution in [0.15, 0.2) is 110 Å². The van der Waals surface area contributed by atoms with Crippen LogP contribution >= 0.6 is 15.6 Å². The molecule has 0 amide bonds. The van der Waals surface area contributed by atoms with Gasteiger partial charge in [0.05, 0.1) is 0 Å². The number of hydrogen-bond donors (Lipinski definition) is 0. The molecule has 0 aliphatic carbocycles. The number of pyridine rings is 2. The van der Waals surface area contributed by atoms with Crippen molar-refractivity contribution in [1.82, 2.24) is 19.1 Å². The van der Waals surface area contributed by atoms with Crippen molar-refractivity contribution in [2.24, 2.45) is 0 Å². The summed E-state index contributed by atoms with van der Waals surface area (Å²) in [5.74, 6) is 1.83. The normalized spacial score (nSPS) is 14.8. The zero-order chi connectivity index (χ0) is 33.0. The van der Waals surface area contributed by atoms with E-state index in [1.165, 1.54) is 11.1 Å². The first-order valence-electron chi connectivity index (χ1n) is 11.9. The SMILES string of the molecule is F[P-](F)(F)(F)(F)F.F[P-](F)(F)(F)(F)F.c1ccc(-n2cc[n+](Cc3ccccc3C[n+]3ccn(-c4ccccn4)c3)c2)nc1. The first-order valence-corrected chi connectivity index (χ1v) is 16.0. The fourth-order valence-corrected chi connectivity index (χ4v) is 3.52. The summed E-state index contributed by atoms with van der Waals surface area (Å²) in [6, 6.07) is 20.4. The maximum absolute atomic E-state index is 10.7. The molecule has 4 heterocycles. The van der Waals surface area contributed by atoms with Gasteiger partial charge in [-0.05, 0) is 12.1 Å². The van der Waals surface area contributed by atoms with E-state index >= 15 is 0 Å². The van der Waals surface area contributed by atoms with Gasteiger partial charge in [0, 0.05) is 35.7 Å². The van der Waals surface area contributed by atoms with E-state index in [1.807, 2.05) is 70.3 Å². The largest absolute Gasteiger partial charge is 0.250 e. The number of halogens is 12. The summed E-state index contributed by atoms with van der Waals surface area (Å²) in [4.78, 5) is 8.82. The third-order valence-corrected chi connectivity index (χ3v) is 5.03. The third-order valence-electron chi connectivity index (χ3n) is 5.03. The Morgan fingerprint density at radius 3 is 1.11 bits per heavy atom. The van der Waals surface area contributed by atoms with Gasteiger partial charge in [0.25, 0.3) is 12.7 Å². The van der Waals surface area contributed by atoms with Crippen molar-refractivity contribution in [2.75, 3.05) is 0 Å². The van der Waals surface area contributed by atoms with Crippen LogP contribution in [0.1, 0.15) is 11.1 Å². The van der Waals surface area contributed by atoms with Crippen LogP contribution in [0.4, 0.5) is 50.4 Å². The summed E-state index contributed by atoms with van der Waals surface area (Å²) in [6.07, 6.45) is 16.0. The summed E-state index contributed by atoms with van der Waals surface area (Å²) < 4.78 is 127. The zero-order valence-electron chi connectivity index (χ0n) is 21.9. The molecular formula is C24H22F12N6P2. The molecule has 44 heavy (non-hydrogen) atoms. The van der Waals surface area contributed by atoms with E-state index in [1.54, 1.807) is 0 Å². The van der Waals surface area contributed by atoms with Crippen molar-refractivity contribution >= 4 is 15.6 Å². The first kappa shape index (κ1) is 34.5. The molecule has 0 bridgehead atoms. The molecule has 4 aromatic heterocycles. The average molecular weight is 684 g/mol. The fraction of sp³-hybridized carbons (Fsp3) is 0.0833. The predicted octanol–water partition coefficient (Wildman–Crippen LogP) is 9.49. The van der Waals surface area contributed by atoms with Gasteiger partial charge in [0.1, 0.15) is 37.9 Å². The Morgan fingerprint density at radius 1 is 0.500 bits per heavy atom. The molecule has 0 radical (unpaired) electrons. The van der Waals surface area contributed by atoms with Crippen molar-refractivity contribution in [3.05, 3.63) is 122 Å². The minimum Gasteiger partial charge on any atom is -0.232 e. The van der Waals surface area contributed by atoms with E-state index < -0.39 is 15.6 Å². The van der Waals surface area contributed by atoms with E-state index in [-0.39, 0.29) is 0 Å². The number of hydrogen-bond acceptors (Lipinski definition) is 2. The van der Waals surface area contributed by atoms with Crippen LogP contribution in [0.2, 0.25) is 0 Å². The molecule has 6 nitrogen and oxygen atoms in total. The maximum atomic E-state index is 9.87. The van der Waals surface area contributed by atoms with Gasteiger partial charge < -0.3 is 0 Å². The van der Waals surface area contributed by atoms with Gasteiger partial charge in [-0.1, -0.05) is 36.4 Å². The van der Waals surface area contributed by atoms with Gasteiger partial charge in [-0.3, -0.25) is 0 Å². The zero-order valence-corrected chi connectivity index (χ0v) is 23.7. The van der Waals surface area contributed by atoms with Crippen LogP contribution in [-0.2, 0) is 13.1 Å². The van der Waals surface area contributed by atoms with Crippen LogP contribution in [0, 0.1) is 0 Å². The second kappa shape index (κ2) is 10.8. The Bertz CT molecular complexity index is 1540. The molecule has 0 saturated heterocycles. The molecular weight excluding hydrogens is 662 g/mol. The Kier molecular flexibility index (Phi) is 8.49. The fourth-order valence-electron chi connectivity index (χ4n) is 3.52. The molecule has 242 valence electrons. The smallest absolute Gasteiger partial charge is 0.232 e. The van der Waals surface area contributed by atoms with Crippen molar-refractivity contribution in [2.45, 2.75) is 13.1 Å². The van der Waals surface area contributed by atoms with Gasteiger partial charge >= 0.3 is 66.0 Å². The van der Waals surface area contributed by atoms with Gasteiger partial charge in [-0.15, -0.1) is 0 Å². The van der Waals surface area contributed by atoms with Crippen LogP contribution < -0.4 is 9.13 Å². The topological polar surface area (TPSA) is 43.4 Å². The van der Waals surface area contributed by atoms with Gasteiger partial charge in [-0.25, -0.2) is 19.1 Å². The van der Waals surface area contributed by atoms with Crippen molar-refractivity contribution in [3.63, 3.8) is 0 Å². The maximum Gasteiger partial charge on any atom is 0.250 e. The summed E-state index contributed by atoms with van der Waals surface area (Å²) in [7, 11) is -21.3. The molecule has 0 aliphatic heterocycles. The molecule has 5 aromatic rings. The number of aromatic nitrogens is 6. The minimum atomic E-state index is -10.7. The second-order valence-corrected chi connectivity index (χ2v) is 12.9. The molecule has 20 heteroatoms. The summed E-state index contributed by atoms with van der Waals surface area (Å²) in [6.45, 7) is 1.61. The Labute approximate surface area is 241 Å². The standard InChI is InChI=1S/C24H22N6.2F6P/c1-2-8-22(18-28-14-16-30(20-28)24-10-4-6-12-26-24)21(7-1)17-27-13-15-29(19-27)23-9-3-5-11-25-23;2*1-7(2,3,4,5)6/h1-16,19-20H,17-18H2;;/q+2;2*-1. The van der Waals surface area contributed by atoms with Gasteiger partial charge in [0.2, 0.25) is 11.6 Å². The quantitative estimate of drug-likeness (QED) is 0.102. The summed E-state index contributed by atoms with van der Waals surface area (Å²) >= 11 is 0. The molecule has 5 rings (SSSR count). The molecule has 0 atom stereocenters. The van der Waals surface area contributed by atoms with Crippen molar-refractivity contribution in [1.29, 1.82) is 0 Å². The van der Waals surface area contributed by atoms with Crippen molar-refractivity contribution in [3.8, 4) is 11.6 Å². The van der Waals surface area contributed by atoms with E-state index in [2.05, 4.69) is 68.4 Å². The molecule has 0 aliphatic rings. The third kappa shape index (κ3) is 16.0. The van der Waals surface area contributed by atoms with E-state index in [0.717, 1.165) is 24.7 Å². The monoisotopic (exact) mass is 684 g/mol. The van der Waals surface area contributed by atoms with Gasteiger partial charge in [-0.2, -0.15) is 9.13 Å². The van der Waals surface area contributed by atoms with E-state index in [0.29, 0.717) is 0 Å². The second-order valence-electron chi connectivity index (χ2n) is 9.05. The van der Waals surface area contributed by atoms with Crippen molar-refractivity contribution < 1.29 is 59.5 Å². The van der Waals surface area contributed by atoms with Gasteiger partial charge in [0.15, 0.2) is 0 Å². The van der Waals surface area contributed by atoms with Crippen LogP contribution in [0.25, 0.3) is 11.6 Å². The number of nitrogens with zero attached hydrogens (tertiary/aromatic N) is 6. The number of imidazole rings is 2. The predicted molar refractivity (Wildman–Crippen MR) is 139 cm³/mol. The van der Waals surface area contributed by atoms with Crippen LogP contribution in [0.3, 0.4) is 0 Å². The average Bonchev–Trinajstić information content (AvgIpc) is 3.53. The van der Waals surface area contributed by atoms with Crippen LogP contribution in [0.5, 0.6) is 0 Å². The Balaban J connectivity index is 0.000000317. The Morgan fingerprint density at radius 2 is 0.818 bits per heavy atom. The molecule has 0 saturated carbocycles. The molecule has 0 fully saturated rings.